The van der Waals surface area contributed by atoms with E-state index in [1.54, 1.807) is 36.4 Å². The third-order valence-electron chi connectivity index (χ3n) is 5.74. The Morgan fingerprint density at radius 2 is 1.81 bits per heavy atom. The zero-order chi connectivity index (χ0) is 25.1. The van der Waals surface area contributed by atoms with Gasteiger partial charge in [-0.25, -0.2) is 0 Å². The molecule has 0 bridgehead atoms. The lowest BCUT2D eigenvalue weighted by atomic mass is 10.0. The summed E-state index contributed by atoms with van der Waals surface area (Å²) in [6, 6.07) is 22.5. The smallest absolute Gasteiger partial charge is 0.229 e. The largest absolute Gasteiger partial charge is 0.341 e. The average molecular weight is 511 g/mol. The topological polar surface area (TPSA) is 90.6 Å². The van der Waals surface area contributed by atoms with Gasteiger partial charge < -0.3 is 10.3 Å². The molecule has 5 aromatic rings. The lowest BCUT2D eigenvalue weighted by molar-refractivity contribution is -0.115. The zero-order valence-corrected chi connectivity index (χ0v) is 21.0. The molecular formula is C28H22N4O2S2. The summed E-state index contributed by atoms with van der Waals surface area (Å²) in [4.78, 5) is 29.7. The maximum Gasteiger partial charge on any atom is 0.229 e. The normalized spacial score (nSPS) is 11.2. The number of rotatable bonds is 7. The Labute approximate surface area is 216 Å². The highest BCUT2D eigenvalue weighted by Gasteiger charge is 2.14. The van der Waals surface area contributed by atoms with Crippen molar-refractivity contribution >= 4 is 64.0 Å². The molecule has 5 rings (SSSR count). The molecule has 6 nitrogen and oxygen atoms in total. The van der Waals surface area contributed by atoms with E-state index in [0.717, 1.165) is 32.7 Å². The summed E-state index contributed by atoms with van der Waals surface area (Å²) in [6.45, 7) is 1.90. The van der Waals surface area contributed by atoms with Gasteiger partial charge in [-0.15, -0.1) is 11.3 Å². The molecule has 3 N–H and O–H groups in total. The lowest BCUT2D eigenvalue weighted by Crippen LogP contribution is -2.14. The summed E-state index contributed by atoms with van der Waals surface area (Å²) < 4.78 is 0.650. The van der Waals surface area contributed by atoms with Gasteiger partial charge in [-0.2, -0.15) is 5.10 Å². The van der Waals surface area contributed by atoms with E-state index in [1.807, 2.05) is 55.5 Å². The van der Waals surface area contributed by atoms with Crippen LogP contribution in [0.4, 0.5) is 5.69 Å². The molecule has 1 amide bonds. The van der Waals surface area contributed by atoms with Gasteiger partial charge >= 0.3 is 0 Å². The lowest BCUT2D eigenvalue weighted by Gasteiger charge is -2.07. The van der Waals surface area contributed by atoms with Gasteiger partial charge in [-0.1, -0.05) is 54.6 Å². The Kier molecular flexibility index (Phi) is 6.71. The first-order valence-electron chi connectivity index (χ1n) is 11.3. The van der Waals surface area contributed by atoms with Gasteiger partial charge in [0.2, 0.25) is 5.91 Å². The van der Waals surface area contributed by atoms with E-state index >= 15 is 0 Å². The predicted molar refractivity (Wildman–Crippen MR) is 148 cm³/mol. The minimum absolute atomic E-state index is 0.136. The molecule has 0 unspecified atom stereocenters. The van der Waals surface area contributed by atoms with Crippen LogP contribution in [0.25, 0.3) is 23.1 Å². The van der Waals surface area contributed by atoms with Crippen LogP contribution in [0.5, 0.6) is 0 Å². The molecule has 2 aromatic heterocycles. The maximum absolute atomic E-state index is 13.2. The number of nitrogens with one attached hydrogen (secondary N) is 3. The zero-order valence-electron chi connectivity index (χ0n) is 19.4. The average Bonchev–Trinajstić information content (AvgIpc) is 3.43. The van der Waals surface area contributed by atoms with Crippen LogP contribution in [0.2, 0.25) is 0 Å². The van der Waals surface area contributed by atoms with Gasteiger partial charge in [0.1, 0.15) is 0 Å². The van der Waals surface area contributed by atoms with Crippen molar-refractivity contribution in [3.05, 3.63) is 110 Å². The second-order valence-electron chi connectivity index (χ2n) is 8.31. The molecule has 0 atom stereocenters. The second-order valence-corrected chi connectivity index (χ2v) is 10.1. The number of fused-ring (bicyclic) bond motifs is 1. The Hall–Kier alpha value is -4.14. The number of ketones is 1. The highest BCUT2D eigenvalue weighted by Crippen LogP contribution is 2.23. The molecule has 0 saturated heterocycles. The van der Waals surface area contributed by atoms with Crippen LogP contribution in [0.1, 0.15) is 37.7 Å². The van der Waals surface area contributed by atoms with Crippen molar-refractivity contribution in [1.82, 2.24) is 15.2 Å². The molecule has 36 heavy (non-hydrogen) atoms. The van der Waals surface area contributed by atoms with Gasteiger partial charge in [0.15, 0.2) is 9.74 Å². The maximum atomic E-state index is 13.2. The van der Waals surface area contributed by atoms with Crippen molar-refractivity contribution in [2.45, 2.75) is 13.3 Å². The van der Waals surface area contributed by atoms with E-state index < -0.39 is 0 Å². The third kappa shape index (κ3) is 5.25. The number of hydrogen-bond donors (Lipinski definition) is 3. The molecule has 2 heterocycles. The minimum atomic E-state index is -0.164. The Balaban J connectivity index is 1.32. The number of benzene rings is 3. The van der Waals surface area contributed by atoms with Crippen molar-refractivity contribution in [3.8, 4) is 0 Å². The SMILES string of the molecule is Cc1[nH]c(=S)sc1CC(=O)Nc1cccc(C(=O)c2ccc3c(/C=C/c4ccccc4)n[nH]c3c2)c1. The molecule has 0 saturated carbocycles. The number of anilines is 1. The van der Waals surface area contributed by atoms with E-state index in [0.29, 0.717) is 20.8 Å². The van der Waals surface area contributed by atoms with E-state index in [4.69, 9.17) is 12.2 Å². The fraction of sp³-hybridized carbons (Fsp3) is 0.0714. The summed E-state index contributed by atoms with van der Waals surface area (Å²) >= 11 is 6.54. The van der Waals surface area contributed by atoms with Crippen LogP contribution in [-0.2, 0) is 11.2 Å². The molecular weight excluding hydrogens is 488 g/mol. The number of aromatic amines is 2. The van der Waals surface area contributed by atoms with Crippen LogP contribution in [0.3, 0.4) is 0 Å². The van der Waals surface area contributed by atoms with Crippen molar-refractivity contribution in [3.63, 3.8) is 0 Å². The van der Waals surface area contributed by atoms with Crippen molar-refractivity contribution in [1.29, 1.82) is 0 Å². The third-order valence-corrected chi connectivity index (χ3v) is 7.08. The highest BCUT2D eigenvalue weighted by atomic mass is 32.1. The van der Waals surface area contributed by atoms with Crippen LogP contribution in [-0.4, -0.2) is 26.9 Å². The number of carbonyl (C=O) groups is 2. The van der Waals surface area contributed by atoms with E-state index in [2.05, 4.69) is 20.5 Å². The summed E-state index contributed by atoms with van der Waals surface area (Å²) in [5, 5.41) is 11.2. The minimum Gasteiger partial charge on any atom is -0.341 e. The molecule has 0 fully saturated rings. The fourth-order valence-corrected chi connectivity index (χ4v) is 5.20. The standard InChI is InChI=1S/C28H22N4O2S2/c1-17-25(36-28(35)29-17)16-26(33)30-21-9-5-8-19(14-21)27(34)20-11-12-22-23(31-32-24(22)15-20)13-10-18-6-3-2-4-7-18/h2-15H,16H2,1H3,(H,29,35)(H,30,33)(H,31,32)/b13-10+. The van der Waals surface area contributed by atoms with E-state index in [1.165, 1.54) is 11.3 Å². The number of hydrogen-bond acceptors (Lipinski definition) is 5. The predicted octanol–water partition coefficient (Wildman–Crippen LogP) is 6.57. The summed E-state index contributed by atoms with van der Waals surface area (Å²) in [7, 11) is 0. The monoisotopic (exact) mass is 510 g/mol. The number of thiazole rings is 1. The summed E-state index contributed by atoms with van der Waals surface area (Å²) in [5.74, 6) is -0.300. The number of aryl methyl sites for hydroxylation is 1. The summed E-state index contributed by atoms with van der Waals surface area (Å²) in [6.07, 6.45) is 4.18. The van der Waals surface area contributed by atoms with Crippen molar-refractivity contribution < 1.29 is 9.59 Å². The second kappa shape index (κ2) is 10.2. The highest BCUT2D eigenvalue weighted by molar-refractivity contribution is 7.73. The van der Waals surface area contributed by atoms with Gasteiger partial charge in [0, 0.05) is 32.8 Å². The van der Waals surface area contributed by atoms with Crippen LogP contribution < -0.4 is 5.32 Å². The molecule has 0 spiro atoms. The van der Waals surface area contributed by atoms with Gasteiger partial charge in [0.05, 0.1) is 17.6 Å². The molecule has 178 valence electrons. The van der Waals surface area contributed by atoms with Crippen LogP contribution in [0, 0.1) is 10.9 Å². The molecule has 0 aliphatic heterocycles. The Bertz CT molecular complexity index is 1660. The van der Waals surface area contributed by atoms with Crippen LogP contribution >= 0.6 is 23.6 Å². The quantitative estimate of drug-likeness (QED) is 0.171. The van der Waals surface area contributed by atoms with Crippen molar-refractivity contribution in [2.75, 3.05) is 5.32 Å². The summed E-state index contributed by atoms with van der Waals surface area (Å²) in [5.41, 5.74) is 5.17. The van der Waals surface area contributed by atoms with E-state index in [-0.39, 0.29) is 18.1 Å². The van der Waals surface area contributed by atoms with Crippen LogP contribution in [0.15, 0.2) is 72.8 Å². The molecule has 0 aliphatic rings. The van der Waals surface area contributed by atoms with Crippen molar-refractivity contribution in [2.24, 2.45) is 0 Å². The number of carbonyl (C=O) groups excluding carboxylic acids is 2. The number of aromatic nitrogens is 3. The molecule has 3 aromatic carbocycles. The first-order chi connectivity index (χ1) is 17.5. The first kappa shape index (κ1) is 23.6. The number of H-pyrrole nitrogens is 2. The molecule has 0 radical (unpaired) electrons. The van der Waals surface area contributed by atoms with Gasteiger partial charge in [-0.05, 0) is 55.0 Å². The number of amides is 1. The first-order valence-corrected chi connectivity index (χ1v) is 12.5. The molecule has 8 heteroatoms. The van der Waals surface area contributed by atoms with E-state index in [9.17, 15) is 9.59 Å². The molecule has 0 aliphatic carbocycles. The Morgan fingerprint density at radius 1 is 1.00 bits per heavy atom. The van der Waals surface area contributed by atoms with Gasteiger partial charge in [0.25, 0.3) is 0 Å². The number of nitrogens with zero attached hydrogens (tertiary/aromatic N) is 1. The Morgan fingerprint density at radius 3 is 2.58 bits per heavy atom. The fourth-order valence-electron chi connectivity index (χ4n) is 3.91. The van der Waals surface area contributed by atoms with Gasteiger partial charge in [-0.3, -0.25) is 14.7 Å².